The highest BCUT2D eigenvalue weighted by Crippen LogP contribution is 2.29. The molecule has 0 aliphatic heterocycles. The lowest BCUT2D eigenvalue weighted by Crippen LogP contribution is -2.22. The van der Waals surface area contributed by atoms with Gasteiger partial charge in [0.15, 0.2) is 17.1 Å². The Balaban J connectivity index is 1.92. The van der Waals surface area contributed by atoms with Crippen molar-refractivity contribution in [3.8, 4) is 11.5 Å². The summed E-state index contributed by atoms with van der Waals surface area (Å²) in [6, 6.07) is 9.79. The van der Waals surface area contributed by atoms with E-state index in [9.17, 15) is 4.79 Å². The molecule has 7 heteroatoms. The maximum Gasteiger partial charge on any atom is 0.351 e. The van der Waals surface area contributed by atoms with Crippen LogP contribution in [0.25, 0.3) is 16.6 Å². The van der Waals surface area contributed by atoms with Crippen molar-refractivity contribution in [1.82, 2.24) is 19.2 Å². The monoisotopic (exact) mass is 364 g/mol. The topological polar surface area (TPSA) is 70.6 Å². The number of ether oxygens (including phenoxy) is 2. The Bertz CT molecular complexity index is 1220. The molecule has 0 atom stereocenters. The average Bonchev–Trinajstić information content (AvgIpc) is 2.98. The molecule has 0 aliphatic rings. The average molecular weight is 364 g/mol. The fourth-order valence-corrected chi connectivity index (χ4v) is 3.38. The van der Waals surface area contributed by atoms with Gasteiger partial charge in [0.1, 0.15) is 5.69 Å². The van der Waals surface area contributed by atoms with Crippen LogP contribution in [0.15, 0.2) is 41.3 Å². The molecule has 0 N–H and O–H groups in total. The van der Waals surface area contributed by atoms with Gasteiger partial charge in [-0.15, -0.1) is 5.10 Å². The summed E-state index contributed by atoms with van der Waals surface area (Å²) < 4.78 is 13.8. The summed E-state index contributed by atoms with van der Waals surface area (Å²) in [5, 5.41) is 5.55. The SMILES string of the molecule is COc1ccnc(Cn2nc3c(C)cc4cc(C)ccc4n3c2=O)c1OC. The summed E-state index contributed by atoms with van der Waals surface area (Å²) in [5.41, 5.74) is 3.93. The Labute approximate surface area is 155 Å². The molecule has 3 aromatic heterocycles. The fraction of sp³-hybridized carbons (Fsp3) is 0.250. The summed E-state index contributed by atoms with van der Waals surface area (Å²) in [6.07, 6.45) is 1.63. The van der Waals surface area contributed by atoms with E-state index in [1.54, 1.807) is 30.9 Å². The van der Waals surface area contributed by atoms with Crippen LogP contribution in [0.5, 0.6) is 11.5 Å². The van der Waals surface area contributed by atoms with E-state index in [0.29, 0.717) is 22.8 Å². The van der Waals surface area contributed by atoms with Gasteiger partial charge in [0.25, 0.3) is 0 Å². The van der Waals surface area contributed by atoms with Gasteiger partial charge in [0.05, 0.1) is 26.3 Å². The Morgan fingerprint density at radius 3 is 2.63 bits per heavy atom. The Morgan fingerprint density at radius 2 is 1.89 bits per heavy atom. The van der Waals surface area contributed by atoms with Crippen LogP contribution in [0.4, 0.5) is 0 Å². The van der Waals surface area contributed by atoms with E-state index in [0.717, 1.165) is 22.0 Å². The smallest absolute Gasteiger partial charge is 0.351 e. The normalized spacial score (nSPS) is 11.3. The van der Waals surface area contributed by atoms with E-state index in [2.05, 4.69) is 22.2 Å². The van der Waals surface area contributed by atoms with Crippen LogP contribution in [0.1, 0.15) is 16.8 Å². The number of rotatable bonds is 4. The number of fused-ring (bicyclic) bond motifs is 3. The third-order valence-electron chi connectivity index (χ3n) is 4.65. The highest BCUT2D eigenvalue weighted by atomic mass is 16.5. The zero-order valence-corrected chi connectivity index (χ0v) is 15.7. The first-order valence-electron chi connectivity index (χ1n) is 8.59. The molecule has 138 valence electrons. The largest absolute Gasteiger partial charge is 0.493 e. The van der Waals surface area contributed by atoms with Crippen molar-refractivity contribution in [3.05, 3.63) is 63.8 Å². The standard InChI is InChI=1S/C20H20N4O3/c1-12-5-6-16-14(9-12)10-13(2)19-22-23(20(25)24(16)19)11-15-18(27-4)17(26-3)7-8-21-15/h5-10H,11H2,1-4H3. The van der Waals surface area contributed by atoms with Crippen molar-refractivity contribution in [2.45, 2.75) is 20.4 Å². The zero-order chi connectivity index (χ0) is 19.1. The minimum absolute atomic E-state index is 0.188. The van der Waals surface area contributed by atoms with Crippen LogP contribution in [0, 0.1) is 13.8 Å². The van der Waals surface area contributed by atoms with Gasteiger partial charge in [-0.2, -0.15) is 0 Å². The van der Waals surface area contributed by atoms with Crippen LogP contribution in [0.3, 0.4) is 0 Å². The van der Waals surface area contributed by atoms with E-state index in [1.165, 1.54) is 4.68 Å². The van der Waals surface area contributed by atoms with E-state index in [-0.39, 0.29) is 12.2 Å². The van der Waals surface area contributed by atoms with Crippen molar-refractivity contribution in [2.75, 3.05) is 14.2 Å². The molecule has 27 heavy (non-hydrogen) atoms. The number of hydrogen-bond acceptors (Lipinski definition) is 5. The number of aromatic nitrogens is 4. The maximum atomic E-state index is 13.1. The molecule has 4 rings (SSSR count). The van der Waals surface area contributed by atoms with Crippen LogP contribution in [0.2, 0.25) is 0 Å². The summed E-state index contributed by atoms with van der Waals surface area (Å²) in [7, 11) is 3.12. The van der Waals surface area contributed by atoms with Gasteiger partial charge in [-0.1, -0.05) is 11.6 Å². The van der Waals surface area contributed by atoms with Crippen LogP contribution in [-0.2, 0) is 6.54 Å². The van der Waals surface area contributed by atoms with Gasteiger partial charge in [-0.3, -0.25) is 4.98 Å². The van der Waals surface area contributed by atoms with Gasteiger partial charge in [-0.05, 0) is 43.0 Å². The highest BCUT2D eigenvalue weighted by molar-refractivity contribution is 5.84. The van der Waals surface area contributed by atoms with Crippen molar-refractivity contribution in [3.63, 3.8) is 0 Å². The molecule has 0 spiro atoms. The Morgan fingerprint density at radius 1 is 1.07 bits per heavy atom. The second kappa shape index (κ2) is 6.42. The second-order valence-corrected chi connectivity index (χ2v) is 6.48. The van der Waals surface area contributed by atoms with E-state index < -0.39 is 0 Å². The van der Waals surface area contributed by atoms with Crippen molar-refractivity contribution >= 4 is 16.6 Å². The number of pyridine rings is 2. The lowest BCUT2D eigenvalue weighted by Gasteiger charge is -2.10. The second-order valence-electron chi connectivity index (χ2n) is 6.48. The molecule has 0 unspecified atom stereocenters. The van der Waals surface area contributed by atoms with Gasteiger partial charge in [-0.25, -0.2) is 13.9 Å². The van der Waals surface area contributed by atoms with E-state index in [1.807, 2.05) is 26.0 Å². The van der Waals surface area contributed by atoms with Crippen molar-refractivity contribution < 1.29 is 9.47 Å². The van der Waals surface area contributed by atoms with Crippen molar-refractivity contribution in [1.29, 1.82) is 0 Å². The van der Waals surface area contributed by atoms with Gasteiger partial charge < -0.3 is 9.47 Å². The van der Waals surface area contributed by atoms with Crippen LogP contribution < -0.4 is 15.2 Å². The number of nitrogens with zero attached hydrogens (tertiary/aromatic N) is 4. The number of benzene rings is 1. The molecular weight excluding hydrogens is 344 g/mol. The predicted octanol–water partition coefficient (Wildman–Crippen LogP) is 2.73. The first-order chi connectivity index (χ1) is 13.0. The first kappa shape index (κ1) is 17.1. The van der Waals surface area contributed by atoms with Gasteiger partial charge in [0.2, 0.25) is 0 Å². The van der Waals surface area contributed by atoms with Crippen LogP contribution in [-0.4, -0.2) is 33.4 Å². The predicted molar refractivity (Wildman–Crippen MR) is 103 cm³/mol. The Kier molecular flexibility index (Phi) is 4.07. The summed E-state index contributed by atoms with van der Waals surface area (Å²) >= 11 is 0. The van der Waals surface area contributed by atoms with Crippen LogP contribution >= 0.6 is 0 Å². The zero-order valence-electron chi connectivity index (χ0n) is 15.7. The molecule has 0 saturated heterocycles. The molecule has 4 aromatic rings. The van der Waals surface area contributed by atoms with E-state index in [4.69, 9.17) is 9.47 Å². The molecular formula is C20H20N4O3. The minimum Gasteiger partial charge on any atom is -0.493 e. The highest BCUT2D eigenvalue weighted by Gasteiger charge is 2.17. The minimum atomic E-state index is -0.214. The molecule has 3 heterocycles. The lowest BCUT2D eigenvalue weighted by atomic mass is 10.1. The van der Waals surface area contributed by atoms with E-state index >= 15 is 0 Å². The molecule has 1 aromatic carbocycles. The number of aryl methyl sites for hydroxylation is 2. The molecule has 0 amide bonds. The molecule has 0 aliphatic carbocycles. The van der Waals surface area contributed by atoms with Crippen molar-refractivity contribution in [2.24, 2.45) is 0 Å². The fourth-order valence-electron chi connectivity index (χ4n) is 3.38. The lowest BCUT2D eigenvalue weighted by molar-refractivity contribution is 0.347. The third kappa shape index (κ3) is 2.71. The number of methoxy groups -OCH3 is 2. The first-order valence-corrected chi connectivity index (χ1v) is 8.59. The quantitative estimate of drug-likeness (QED) is 0.557. The third-order valence-corrected chi connectivity index (χ3v) is 4.65. The molecule has 0 radical (unpaired) electrons. The molecule has 0 bridgehead atoms. The Hall–Kier alpha value is -3.35. The summed E-state index contributed by atoms with van der Waals surface area (Å²) in [4.78, 5) is 17.4. The van der Waals surface area contributed by atoms with Gasteiger partial charge in [0, 0.05) is 12.3 Å². The number of hydrogen-bond donors (Lipinski definition) is 0. The summed E-state index contributed by atoms with van der Waals surface area (Å²) in [6.45, 7) is 4.18. The molecule has 7 nitrogen and oxygen atoms in total. The molecule has 0 fully saturated rings. The van der Waals surface area contributed by atoms with Gasteiger partial charge >= 0.3 is 5.69 Å². The maximum absolute atomic E-state index is 13.1. The molecule has 0 saturated carbocycles. The summed E-state index contributed by atoms with van der Waals surface area (Å²) in [5.74, 6) is 1.07.